The standard InChI is InChI=1S/Na.H2O4S.Sn.Sr.5H/c;1-5(2,3)4;;;;;;;/h;(H2,1,2,3,4);;;;;;;. The molecule has 0 aliphatic carbocycles. The van der Waals surface area contributed by atoms with E-state index in [1.54, 1.807) is 0 Å². The van der Waals surface area contributed by atoms with Crippen LogP contribution in [0.1, 0.15) is 0 Å². The van der Waals surface area contributed by atoms with E-state index in [9.17, 15) is 0 Å². The third-order valence-corrected chi connectivity index (χ3v) is 0. The summed E-state index contributed by atoms with van der Waals surface area (Å²) in [5, 5.41) is 0. The fraction of sp³-hybridized carbons (Fsp3) is 0. The fourth-order valence-electron chi connectivity index (χ4n) is 0. The van der Waals surface area contributed by atoms with E-state index in [1.807, 2.05) is 0 Å². The molecule has 0 aliphatic rings. The Balaban J connectivity index is -0.0000000267. The van der Waals surface area contributed by atoms with Gasteiger partial charge < -0.3 is 0 Å². The van der Waals surface area contributed by atoms with Gasteiger partial charge in [0.2, 0.25) is 0 Å². The average Bonchev–Trinajstić information content (AvgIpc) is 0.722. The van der Waals surface area contributed by atoms with Crippen molar-refractivity contribution in [2.75, 3.05) is 0 Å². The predicted molar refractivity (Wildman–Crippen MR) is 38.4 cm³/mol. The van der Waals surface area contributed by atoms with Crippen LogP contribution in [0.25, 0.3) is 0 Å². The molecule has 2 N–H and O–H groups in total. The molecule has 8 heteroatoms. The molecule has 0 bridgehead atoms. The molecule has 0 amide bonds. The van der Waals surface area contributed by atoms with Crippen LogP contribution in [0.5, 0.6) is 0 Å². The van der Waals surface area contributed by atoms with E-state index in [0.717, 1.165) is 0 Å². The van der Waals surface area contributed by atoms with Crippen LogP contribution in [-0.2, 0) is 10.4 Å². The number of hydrogen-bond donors (Lipinski definition) is 2. The molecule has 0 heterocycles. The molecule has 0 aromatic heterocycles. The third kappa shape index (κ3) is 61.3. The third-order valence-electron chi connectivity index (χ3n) is 0. The summed E-state index contributed by atoms with van der Waals surface area (Å²) >= 11 is 0. The van der Waals surface area contributed by atoms with Crippen LogP contribution < -0.4 is 0 Å². The van der Waals surface area contributed by atoms with E-state index < -0.39 is 10.4 Å². The first-order valence-electron chi connectivity index (χ1n) is 0.698. The minimum absolute atomic E-state index is 0. The van der Waals surface area contributed by atoms with Gasteiger partial charge in [-0.3, -0.25) is 9.11 Å². The topological polar surface area (TPSA) is 74.6 Å². The molecule has 8 heavy (non-hydrogen) atoms. The molecular formula is H7NaO4SSnSr. The Bertz CT molecular complexity index is 99.2. The summed E-state index contributed by atoms with van der Waals surface area (Å²) in [5.41, 5.74) is 0. The van der Waals surface area contributed by atoms with Crippen LogP contribution in [0.2, 0.25) is 0 Å². The molecule has 0 aliphatic heterocycles. The molecule has 0 fully saturated rings. The van der Waals surface area contributed by atoms with Crippen LogP contribution >= 0.6 is 0 Å². The first-order valence-corrected chi connectivity index (χ1v) is 2.10. The summed E-state index contributed by atoms with van der Waals surface area (Å²) in [6, 6.07) is 0. The molecule has 0 atom stereocenters. The first kappa shape index (κ1) is 22.5. The Morgan fingerprint density at radius 1 is 1.12 bits per heavy atom. The minimum atomic E-state index is -4.67. The average molecular weight is 332 g/mol. The second-order valence-corrected chi connectivity index (χ2v) is 1.34. The second-order valence-electron chi connectivity index (χ2n) is 0.448. The molecule has 4 nitrogen and oxygen atoms in total. The monoisotopic (exact) mass is 334 g/mol. The van der Waals surface area contributed by atoms with Gasteiger partial charge in [0.05, 0.1) is 0 Å². The van der Waals surface area contributed by atoms with Crippen molar-refractivity contribution in [3.05, 3.63) is 0 Å². The van der Waals surface area contributed by atoms with Crippen molar-refractivity contribution in [3.63, 3.8) is 0 Å². The molecule has 0 saturated heterocycles. The van der Waals surface area contributed by atoms with E-state index >= 15 is 0 Å². The summed E-state index contributed by atoms with van der Waals surface area (Å²) in [6.45, 7) is 0. The van der Waals surface area contributed by atoms with Crippen LogP contribution in [0.4, 0.5) is 0 Å². The van der Waals surface area contributed by atoms with Gasteiger partial charge in [0.15, 0.2) is 0 Å². The Hall–Kier alpha value is 3.15. The normalized spacial score (nSPS) is 7.25. The van der Waals surface area contributed by atoms with Gasteiger partial charge in [-0.2, -0.15) is 8.42 Å². The van der Waals surface area contributed by atoms with Gasteiger partial charge in [-0.15, -0.1) is 0 Å². The zero-order valence-electron chi connectivity index (χ0n) is 2.83. The van der Waals surface area contributed by atoms with Crippen LogP contribution in [0.3, 0.4) is 0 Å². The van der Waals surface area contributed by atoms with Crippen molar-refractivity contribution in [3.8, 4) is 0 Å². The summed E-state index contributed by atoms with van der Waals surface area (Å²) in [5.74, 6) is 0. The molecule has 0 rings (SSSR count). The van der Waals surface area contributed by atoms with Crippen molar-refractivity contribution in [2.45, 2.75) is 0 Å². The zero-order valence-corrected chi connectivity index (χ0v) is 7.68. The molecule has 0 aromatic rings. The van der Waals surface area contributed by atoms with Gasteiger partial charge in [0.25, 0.3) is 0 Å². The zero-order chi connectivity index (χ0) is 4.50. The molecule has 0 unspecified atom stereocenters. The molecule has 2 radical (unpaired) electrons. The SMILES string of the molecule is O=S(=O)(O)O.[NaH].[SnH2].[SrH2]. The van der Waals surface area contributed by atoms with Gasteiger partial charge in [0, 0.05) is 0 Å². The van der Waals surface area contributed by atoms with Gasteiger partial charge in [-0.05, 0) is 0 Å². The number of hydrogen-bond acceptors (Lipinski definition) is 2. The van der Waals surface area contributed by atoms with E-state index in [-0.39, 0.29) is 98.9 Å². The van der Waals surface area contributed by atoms with Gasteiger partial charge in [0.1, 0.15) is 0 Å². The second kappa shape index (κ2) is 10.1. The molecular weight excluding hydrogens is 325 g/mol. The van der Waals surface area contributed by atoms with Gasteiger partial charge in [-0.1, -0.05) is 0 Å². The van der Waals surface area contributed by atoms with Crippen molar-refractivity contribution < 1.29 is 17.5 Å². The number of rotatable bonds is 0. The van der Waals surface area contributed by atoms with E-state index in [1.165, 1.54) is 0 Å². The van der Waals surface area contributed by atoms with E-state index in [4.69, 9.17) is 17.5 Å². The maximum atomic E-state index is 8.74. The Labute approximate surface area is 124 Å². The summed E-state index contributed by atoms with van der Waals surface area (Å²) in [6.07, 6.45) is 0. The molecule has 0 saturated carbocycles. The first-order chi connectivity index (χ1) is 2.00. The van der Waals surface area contributed by atoms with Crippen LogP contribution in [-0.4, -0.2) is 116 Å². The summed E-state index contributed by atoms with van der Waals surface area (Å²) in [4.78, 5) is 0. The molecule has 0 spiro atoms. The van der Waals surface area contributed by atoms with Gasteiger partial charge in [-0.25, -0.2) is 0 Å². The van der Waals surface area contributed by atoms with Gasteiger partial charge >= 0.3 is 109 Å². The van der Waals surface area contributed by atoms with Crippen molar-refractivity contribution >= 4 is 109 Å². The molecule has 0 aromatic carbocycles. The fourth-order valence-corrected chi connectivity index (χ4v) is 0. The van der Waals surface area contributed by atoms with E-state index in [2.05, 4.69) is 0 Å². The Kier molecular flexibility index (Phi) is 28.5. The van der Waals surface area contributed by atoms with Crippen molar-refractivity contribution in [1.29, 1.82) is 0 Å². The predicted octanol–water partition coefficient (Wildman–Crippen LogP) is -3.13. The van der Waals surface area contributed by atoms with Crippen molar-refractivity contribution in [2.24, 2.45) is 0 Å². The quantitative estimate of drug-likeness (QED) is 0.363. The van der Waals surface area contributed by atoms with Crippen molar-refractivity contribution in [1.82, 2.24) is 0 Å². The van der Waals surface area contributed by atoms with E-state index in [0.29, 0.717) is 0 Å². The Morgan fingerprint density at radius 3 is 1.12 bits per heavy atom. The summed E-state index contributed by atoms with van der Waals surface area (Å²) < 4.78 is 31.6. The van der Waals surface area contributed by atoms with Crippen LogP contribution in [0.15, 0.2) is 0 Å². The summed E-state index contributed by atoms with van der Waals surface area (Å²) in [7, 11) is -4.67. The van der Waals surface area contributed by atoms with Crippen LogP contribution in [0, 0.1) is 0 Å². The molecule has 44 valence electrons. The Morgan fingerprint density at radius 2 is 1.12 bits per heavy atom. The maximum absolute atomic E-state index is 8.74.